The van der Waals surface area contributed by atoms with Gasteiger partial charge in [-0.1, -0.05) is 58.0 Å². The van der Waals surface area contributed by atoms with E-state index in [-0.39, 0.29) is 18.4 Å². The molecule has 1 rings (SSSR count). The van der Waals surface area contributed by atoms with Gasteiger partial charge >= 0.3 is 6.09 Å². The van der Waals surface area contributed by atoms with Gasteiger partial charge < -0.3 is 31.2 Å². The molecule has 9 heteroatoms. The number of nitrogens with one attached hydrogen (secondary N) is 3. The molecule has 0 radical (unpaired) electrons. The van der Waals surface area contributed by atoms with Crippen LogP contribution in [0, 0.1) is 11.8 Å². The van der Waals surface area contributed by atoms with Gasteiger partial charge in [-0.3, -0.25) is 9.59 Å². The normalized spacial score (nSPS) is 13.6. The van der Waals surface area contributed by atoms with Crippen LogP contribution in [0.2, 0.25) is 0 Å². The number of benzene rings is 1. The monoisotopic (exact) mass is 490 g/mol. The third kappa shape index (κ3) is 12.9. The van der Waals surface area contributed by atoms with E-state index in [0.29, 0.717) is 38.5 Å². The quantitative estimate of drug-likeness (QED) is 0.207. The number of alkyl carbamates (subject to hydrolysis) is 1. The molecule has 3 unspecified atom stereocenters. The zero-order chi connectivity index (χ0) is 26.2. The highest BCUT2D eigenvalue weighted by atomic mass is 16.5. The molecule has 0 heterocycles. The maximum Gasteiger partial charge on any atom is 0.408 e. The third-order valence-corrected chi connectivity index (χ3v) is 5.33. The summed E-state index contributed by atoms with van der Waals surface area (Å²) in [6, 6.07) is 6.89. The molecule has 35 heavy (non-hydrogen) atoms. The van der Waals surface area contributed by atoms with Crippen LogP contribution in [0.4, 0.5) is 4.79 Å². The molecule has 196 valence electrons. The van der Waals surface area contributed by atoms with Gasteiger partial charge in [-0.25, -0.2) is 4.79 Å². The van der Waals surface area contributed by atoms with E-state index in [2.05, 4.69) is 16.0 Å². The minimum atomic E-state index is -0.868. The van der Waals surface area contributed by atoms with Gasteiger partial charge in [-0.15, -0.1) is 0 Å². The van der Waals surface area contributed by atoms with Crippen LogP contribution in [0.1, 0.15) is 65.4 Å². The zero-order valence-electron chi connectivity index (χ0n) is 21.4. The molecule has 0 saturated heterocycles. The first-order chi connectivity index (χ1) is 16.7. The lowest BCUT2D eigenvalue weighted by Gasteiger charge is -2.26. The molecule has 0 aliphatic carbocycles. The highest BCUT2D eigenvalue weighted by Crippen LogP contribution is 2.10. The topological polar surface area (TPSA) is 140 Å². The van der Waals surface area contributed by atoms with E-state index >= 15 is 0 Å². The van der Waals surface area contributed by atoms with Crippen LogP contribution in [-0.4, -0.2) is 48.9 Å². The number of ether oxygens (including phenoxy) is 1. The van der Waals surface area contributed by atoms with Gasteiger partial charge in [-0.2, -0.15) is 0 Å². The van der Waals surface area contributed by atoms with Crippen molar-refractivity contribution in [3.05, 3.63) is 35.9 Å². The van der Waals surface area contributed by atoms with Crippen molar-refractivity contribution in [2.45, 2.75) is 84.5 Å². The van der Waals surface area contributed by atoms with Crippen molar-refractivity contribution < 1.29 is 23.9 Å². The lowest BCUT2D eigenvalue weighted by molar-refractivity contribution is -0.131. The summed E-state index contributed by atoms with van der Waals surface area (Å²) < 4.78 is 5.26. The molecule has 5 N–H and O–H groups in total. The van der Waals surface area contributed by atoms with Crippen LogP contribution in [0.5, 0.6) is 0 Å². The molecule has 0 fully saturated rings. The number of carbonyl (C=O) groups excluding carboxylic acids is 4. The van der Waals surface area contributed by atoms with Gasteiger partial charge in [0.15, 0.2) is 0 Å². The first-order valence-electron chi connectivity index (χ1n) is 12.4. The fourth-order valence-electron chi connectivity index (χ4n) is 3.55. The van der Waals surface area contributed by atoms with Crippen molar-refractivity contribution >= 4 is 24.2 Å². The molecular formula is C26H42N4O5. The zero-order valence-corrected chi connectivity index (χ0v) is 21.4. The number of amides is 3. The summed E-state index contributed by atoms with van der Waals surface area (Å²) in [5.74, 6) is -0.668. The summed E-state index contributed by atoms with van der Waals surface area (Å²) in [5, 5.41) is 8.12. The van der Waals surface area contributed by atoms with Gasteiger partial charge in [0, 0.05) is 0 Å². The Morgan fingerprint density at radius 2 is 1.46 bits per heavy atom. The maximum atomic E-state index is 13.1. The van der Waals surface area contributed by atoms with E-state index in [0.717, 1.165) is 12.0 Å². The molecule has 3 atom stereocenters. The van der Waals surface area contributed by atoms with E-state index in [9.17, 15) is 19.2 Å². The van der Waals surface area contributed by atoms with Crippen LogP contribution < -0.4 is 21.7 Å². The fourth-order valence-corrected chi connectivity index (χ4v) is 3.55. The lowest BCUT2D eigenvalue weighted by Crippen LogP contribution is -2.55. The summed E-state index contributed by atoms with van der Waals surface area (Å²) in [6.07, 6.45) is 2.72. The second-order valence-corrected chi connectivity index (χ2v) is 9.61. The first kappa shape index (κ1) is 30.1. The van der Waals surface area contributed by atoms with Crippen LogP contribution in [0.3, 0.4) is 0 Å². The number of unbranched alkanes of at least 4 members (excludes halogenated alkanes) is 1. The van der Waals surface area contributed by atoms with E-state index in [1.54, 1.807) is 0 Å². The number of nitrogens with two attached hydrogens (primary N) is 1. The maximum absolute atomic E-state index is 13.1. The fraction of sp³-hybridized carbons (Fsp3) is 0.615. The number of rotatable bonds is 16. The summed E-state index contributed by atoms with van der Waals surface area (Å²) >= 11 is 0. The third-order valence-electron chi connectivity index (χ3n) is 5.33. The molecule has 0 aromatic heterocycles. The molecule has 9 nitrogen and oxygen atoms in total. The highest BCUT2D eigenvalue weighted by Gasteiger charge is 2.29. The number of hydrogen-bond donors (Lipinski definition) is 4. The largest absolute Gasteiger partial charge is 0.445 e. The van der Waals surface area contributed by atoms with Crippen molar-refractivity contribution in [1.29, 1.82) is 0 Å². The summed E-state index contributed by atoms with van der Waals surface area (Å²) in [5.41, 5.74) is 6.33. The Bertz CT molecular complexity index is 785. The van der Waals surface area contributed by atoms with Crippen molar-refractivity contribution in [2.24, 2.45) is 17.6 Å². The van der Waals surface area contributed by atoms with Gasteiger partial charge in [0.25, 0.3) is 0 Å². The molecule has 3 amide bonds. The van der Waals surface area contributed by atoms with E-state index in [4.69, 9.17) is 10.5 Å². The van der Waals surface area contributed by atoms with Gasteiger partial charge in [-0.05, 0) is 56.0 Å². The minimum Gasteiger partial charge on any atom is -0.445 e. The van der Waals surface area contributed by atoms with Crippen LogP contribution >= 0.6 is 0 Å². The summed E-state index contributed by atoms with van der Waals surface area (Å²) in [6.45, 7) is 8.35. The average Bonchev–Trinajstić information content (AvgIpc) is 2.81. The molecule has 0 aliphatic heterocycles. The second-order valence-electron chi connectivity index (χ2n) is 9.61. The molecule has 0 saturated carbocycles. The highest BCUT2D eigenvalue weighted by molar-refractivity contribution is 5.92. The van der Waals surface area contributed by atoms with E-state index in [1.807, 2.05) is 58.0 Å². The Morgan fingerprint density at radius 3 is 2.00 bits per heavy atom. The van der Waals surface area contributed by atoms with Gasteiger partial charge in [0.1, 0.15) is 25.0 Å². The Hall–Kier alpha value is -2.94. The molecule has 1 aromatic rings. The number of hydrogen-bond acceptors (Lipinski definition) is 6. The molecule has 0 spiro atoms. The summed E-state index contributed by atoms with van der Waals surface area (Å²) in [7, 11) is 0. The van der Waals surface area contributed by atoms with Crippen molar-refractivity contribution in [1.82, 2.24) is 16.0 Å². The SMILES string of the molecule is CC(C)CC(NC(=O)OCc1ccccc1)C(=O)NC(CC(C)C)C(=O)NC(C=O)CCCCN. The lowest BCUT2D eigenvalue weighted by atomic mass is 9.99. The molecule has 0 aliphatic rings. The Labute approximate surface area is 208 Å². The minimum absolute atomic E-state index is 0.0817. The van der Waals surface area contributed by atoms with Crippen LogP contribution in [-0.2, 0) is 25.7 Å². The Balaban J connectivity index is 2.81. The average molecular weight is 491 g/mol. The van der Waals surface area contributed by atoms with Gasteiger partial charge in [0.2, 0.25) is 11.8 Å². The summed E-state index contributed by atoms with van der Waals surface area (Å²) in [4.78, 5) is 49.8. The van der Waals surface area contributed by atoms with Gasteiger partial charge in [0.05, 0.1) is 6.04 Å². The first-order valence-corrected chi connectivity index (χ1v) is 12.4. The molecule has 1 aromatic carbocycles. The van der Waals surface area contributed by atoms with Crippen LogP contribution in [0.15, 0.2) is 30.3 Å². The van der Waals surface area contributed by atoms with Crippen LogP contribution in [0.25, 0.3) is 0 Å². The smallest absolute Gasteiger partial charge is 0.408 e. The predicted octanol–water partition coefficient (Wildman–Crippen LogP) is 2.67. The number of aldehydes is 1. The van der Waals surface area contributed by atoms with E-state index < -0.39 is 36.0 Å². The standard InChI is InChI=1S/C26H42N4O5/c1-18(2)14-22(24(32)28-21(16-31)12-8-9-13-27)29-25(33)23(15-19(3)4)30-26(34)35-17-20-10-6-5-7-11-20/h5-7,10-11,16,18-19,21-23H,8-9,12-15,17,27H2,1-4H3,(H,28,32)(H,29,33)(H,30,34). The predicted molar refractivity (Wildman–Crippen MR) is 135 cm³/mol. The second kappa shape index (κ2) is 16.6. The Morgan fingerprint density at radius 1 is 0.886 bits per heavy atom. The molecule has 0 bridgehead atoms. The number of carbonyl (C=O) groups is 4. The van der Waals surface area contributed by atoms with Crippen molar-refractivity contribution in [2.75, 3.05) is 6.54 Å². The van der Waals surface area contributed by atoms with Crippen molar-refractivity contribution in [3.8, 4) is 0 Å². The molecular weight excluding hydrogens is 448 g/mol. The van der Waals surface area contributed by atoms with Crippen molar-refractivity contribution in [3.63, 3.8) is 0 Å². The van der Waals surface area contributed by atoms with E-state index in [1.165, 1.54) is 0 Å². The Kier molecular flexibility index (Phi) is 14.3.